The molecular weight excluding hydrogens is 254 g/mol. The number of hydrogen-bond donors (Lipinski definition) is 2. The van der Waals surface area contributed by atoms with Gasteiger partial charge in [-0.2, -0.15) is 0 Å². The predicted octanol–water partition coefficient (Wildman–Crippen LogP) is -0.248. The zero-order valence-corrected chi connectivity index (χ0v) is 9.64. The fourth-order valence-corrected chi connectivity index (χ4v) is 2.44. The molecule has 1 saturated heterocycles. The molecule has 0 bridgehead atoms. The highest BCUT2D eigenvalue weighted by Crippen LogP contribution is 2.29. The molecule has 0 saturated carbocycles. The van der Waals surface area contributed by atoms with Crippen LogP contribution in [0.3, 0.4) is 0 Å². The first-order chi connectivity index (χ1) is 7.60. The number of nitrogens with one attached hydrogen (secondary N) is 1. The van der Waals surface area contributed by atoms with Crippen molar-refractivity contribution in [3.63, 3.8) is 0 Å². The van der Waals surface area contributed by atoms with Gasteiger partial charge in [0, 0.05) is 0 Å². The quantitative estimate of drug-likeness (QED) is 0.718. The lowest BCUT2D eigenvalue weighted by atomic mass is 10.4. The van der Waals surface area contributed by atoms with Crippen molar-refractivity contribution in [2.45, 2.75) is 6.61 Å². The van der Waals surface area contributed by atoms with Gasteiger partial charge in [0.15, 0.2) is 5.13 Å². The number of rotatable bonds is 2. The summed E-state index contributed by atoms with van der Waals surface area (Å²) < 4.78 is 0. The molecule has 0 radical (unpaired) electrons. The van der Waals surface area contributed by atoms with Gasteiger partial charge in [0.25, 0.3) is 0 Å². The Morgan fingerprint density at radius 1 is 1.44 bits per heavy atom. The maximum Gasteiger partial charge on any atom is 0.246 e. The second-order valence-electron chi connectivity index (χ2n) is 3.20. The van der Waals surface area contributed by atoms with Crippen LogP contribution in [0.5, 0.6) is 0 Å². The third-order valence-electron chi connectivity index (χ3n) is 2.00. The molecule has 2 N–H and O–H groups in total. The van der Waals surface area contributed by atoms with Crippen LogP contribution in [0.25, 0.3) is 0 Å². The van der Waals surface area contributed by atoms with Gasteiger partial charge in [-0.25, -0.2) is 4.98 Å². The highest BCUT2D eigenvalue weighted by atomic mass is 35.5. The lowest BCUT2D eigenvalue weighted by molar-refractivity contribution is -0.130. The maximum absolute atomic E-state index is 11.1. The molecule has 0 aliphatic carbocycles. The second-order valence-corrected chi connectivity index (χ2v) is 4.62. The first kappa shape index (κ1) is 11.3. The van der Waals surface area contributed by atoms with Crippen molar-refractivity contribution in [3.8, 4) is 0 Å². The minimum Gasteiger partial charge on any atom is -0.391 e. The molecule has 1 fully saturated rings. The lowest BCUT2D eigenvalue weighted by Gasteiger charge is -2.24. The van der Waals surface area contributed by atoms with E-state index in [4.69, 9.17) is 16.7 Å². The van der Waals surface area contributed by atoms with Crippen molar-refractivity contribution >= 4 is 39.9 Å². The summed E-state index contributed by atoms with van der Waals surface area (Å²) in [6.07, 6.45) is 0. The molecule has 6 nitrogen and oxygen atoms in total. The molecule has 2 heterocycles. The van der Waals surface area contributed by atoms with E-state index in [-0.39, 0.29) is 36.7 Å². The Morgan fingerprint density at radius 2 is 2.06 bits per heavy atom. The Labute approximate surface area is 99.8 Å². The van der Waals surface area contributed by atoms with Crippen molar-refractivity contribution in [1.82, 2.24) is 10.3 Å². The third kappa shape index (κ3) is 2.16. The van der Waals surface area contributed by atoms with Gasteiger partial charge < -0.3 is 10.0 Å². The zero-order valence-electron chi connectivity index (χ0n) is 8.07. The number of nitrogens with zero attached hydrogens (tertiary/aromatic N) is 2. The molecule has 16 heavy (non-hydrogen) atoms. The number of aliphatic hydroxyl groups excluding tert-OH is 1. The molecule has 8 heteroatoms. The van der Waals surface area contributed by atoms with E-state index in [0.29, 0.717) is 10.0 Å². The molecule has 0 atom stereocenters. The van der Waals surface area contributed by atoms with E-state index in [1.54, 1.807) is 0 Å². The third-order valence-corrected chi connectivity index (χ3v) is 3.53. The second kappa shape index (κ2) is 4.36. The standard InChI is InChI=1S/C8H8ClN3O3S/c9-7-4(3-13)16-8(11-7)12-1-5(14)10-6(15)2-12/h13H,1-3H2,(H,10,14,15). The van der Waals surface area contributed by atoms with E-state index in [1.807, 2.05) is 0 Å². The average molecular weight is 262 g/mol. The fourth-order valence-electron chi connectivity index (χ4n) is 1.33. The summed E-state index contributed by atoms with van der Waals surface area (Å²) in [7, 11) is 0. The SMILES string of the molecule is O=C1CN(c2nc(Cl)c(CO)s2)CC(=O)N1. The summed E-state index contributed by atoms with van der Waals surface area (Å²) >= 11 is 6.93. The van der Waals surface area contributed by atoms with Crippen molar-refractivity contribution in [1.29, 1.82) is 0 Å². The number of carbonyl (C=O) groups is 2. The van der Waals surface area contributed by atoms with Crippen LogP contribution >= 0.6 is 22.9 Å². The number of anilines is 1. The smallest absolute Gasteiger partial charge is 0.246 e. The van der Waals surface area contributed by atoms with Gasteiger partial charge in [0.1, 0.15) is 18.2 Å². The average Bonchev–Trinajstić information content (AvgIpc) is 2.58. The molecule has 1 aromatic heterocycles. The Kier molecular flexibility index (Phi) is 3.08. The van der Waals surface area contributed by atoms with E-state index in [2.05, 4.69) is 10.3 Å². The summed E-state index contributed by atoms with van der Waals surface area (Å²) in [5, 5.41) is 11.8. The summed E-state index contributed by atoms with van der Waals surface area (Å²) in [6.45, 7) is -0.0641. The number of aromatic nitrogens is 1. The first-order valence-electron chi connectivity index (χ1n) is 4.44. The molecule has 0 unspecified atom stereocenters. The van der Waals surface area contributed by atoms with E-state index < -0.39 is 0 Å². The number of amides is 2. The molecule has 2 amide bonds. The highest BCUT2D eigenvalue weighted by molar-refractivity contribution is 7.16. The summed E-state index contributed by atoms with van der Waals surface area (Å²) in [6, 6.07) is 0. The van der Waals surface area contributed by atoms with Crippen LogP contribution in [-0.2, 0) is 16.2 Å². The van der Waals surface area contributed by atoms with Crippen molar-refractivity contribution < 1.29 is 14.7 Å². The topological polar surface area (TPSA) is 82.5 Å². The summed E-state index contributed by atoms with van der Waals surface area (Å²) in [5.41, 5.74) is 0. The normalized spacial score (nSPS) is 16.5. The van der Waals surface area contributed by atoms with Crippen LogP contribution in [0.15, 0.2) is 0 Å². The van der Waals surface area contributed by atoms with Gasteiger partial charge in [-0.1, -0.05) is 22.9 Å². The number of piperazine rings is 1. The number of imide groups is 1. The van der Waals surface area contributed by atoms with Gasteiger partial charge in [-0.3, -0.25) is 14.9 Å². The van der Waals surface area contributed by atoms with Crippen molar-refractivity contribution in [2.75, 3.05) is 18.0 Å². The van der Waals surface area contributed by atoms with E-state index in [0.717, 1.165) is 0 Å². The van der Waals surface area contributed by atoms with Gasteiger partial charge in [-0.15, -0.1) is 0 Å². The van der Waals surface area contributed by atoms with Crippen LogP contribution in [0.4, 0.5) is 5.13 Å². The van der Waals surface area contributed by atoms with Crippen LogP contribution in [0, 0.1) is 0 Å². The molecule has 86 valence electrons. The Hall–Kier alpha value is -1.18. The molecule has 0 aromatic carbocycles. The monoisotopic (exact) mass is 261 g/mol. The molecule has 2 rings (SSSR count). The Bertz CT molecular complexity index is 432. The van der Waals surface area contributed by atoms with Crippen molar-refractivity contribution in [3.05, 3.63) is 10.0 Å². The molecule has 1 aromatic rings. The first-order valence-corrected chi connectivity index (χ1v) is 5.63. The van der Waals surface area contributed by atoms with Crippen molar-refractivity contribution in [2.24, 2.45) is 0 Å². The number of halogens is 1. The van der Waals surface area contributed by atoms with E-state index in [1.165, 1.54) is 16.2 Å². The molecule has 1 aliphatic heterocycles. The van der Waals surface area contributed by atoms with Crippen LogP contribution in [0.1, 0.15) is 4.88 Å². The minimum absolute atomic E-state index is 0.0699. The Morgan fingerprint density at radius 3 is 2.56 bits per heavy atom. The molecule has 1 aliphatic rings. The van der Waals surface area contributed by atoms with Gasteiger partial charge in [0.05, 0.1) is 11.5 Å². The number of hydrogen-bond acceptors (Lipinski definition) is 6. The fraction of sp³-hybridized carbons (Fsp3) is 0.375. The van der Waals surface area contributed by atoms with Crippen LogP contribution < -0.4 is 10.2 Å². The van der Waals surface area contributed by atoms with Crippen LogP contribution in [-0.4, -0.2) is 35.0 Å². The van der Waals surface area contributed by atoms with Gasteiger partial charge in [0.2, 0.25) is 11.8 Å². The minimum atomic E-state index is -0.367. The summed E-state index contributed by atoms with van der Waals surface area (Å²) in [4.78, 5) is 28.3. The Balaban J connectivity index is 2.22. The lowest BCUT2D eigenvalue weighted by Crippen LogP contribution is -2.51. The largest absolute Gasteiger partial charge is 0.391 e. The van der Waals surface area contributed by atoms with Crippen LogP contribution in [0.2, 0.25) is 5.15 Å². The van der Waals surface area contributed by atoms with Gasteiger partial charge >= 0.3 is 0 Å². The van der Waals surface area contributed by atoms with Gasteiger partial charge in [-0.05, 0) is 0 Å². The summed E-state index contributed by atoms with van der Waals surface area (Å²) in [5.74, 6) is -0.735. The van der Waals surface area contributed by atoms with E-state index in [9.17, 15) is 9.59 Å². The number of carbonyl (C=O) groups excluding carboxylic acids is 2. The molecular formula is C8H8ClN3O3S. The molecule has 0 spiro atoms. The number of thiazole rings is 1. The predicted molar refractivity (Wildman–Crippen MR) is 58.4 cm³/mol. The van der Waals surface area contributed by atoms with E-state index >= 15 is 0 Å². The maximum atomic E-state index is 11.1. The highest BCUT2D eigenvalue weighted by Gasteiger charge is 2.25. The zero-order chi connectivity index (χ0) is 11.7. The number of aliphatic hydroxyl groups is 1.